The number of hydrogen-bond acceptors (Lipinski definition) is 6. The highest BCUT2D eigenvalue weighted by Gasteiger charge is 2.44. The van der Waals surface area contributed by atoms with Crippen molar-refractivity contribution in [1.82, 2.24) is 9.55 Å². The number of nitrogens with zero attached hydrogens (tertiary/aromatic N) is 3. The highest BCUT2D eigenvalue weighted by atomic mass is 16.6. The second-order valence-electron chi connectivity index (χ2n) is 3.83. The lowest BCUT2D eigenvalue weighted by Crippen LogP contribution is -2.33. The number of aliphatic hydroxyl groups is 3. The highest BCUT2D eigenvalue weighted by Crippen LogP contribution is 2.30. The molecule has 1 aromatic heterocycles. The smallest absolute Gasteiger partial charge is 0.174 e. The van der Waals surface area contributed by atoms with Gasteiger partial charge in [-0.15, -0.1) is 6.42 Å². The molecule has 0 aromatic carbocycles. The van der Waals surface area contributed by atoms with Gasteiger partial charge in [0.1, 0.15) is 30.1 Å². The van der Waals surface area contributed by atoms with Crippen LogP contribution in [0.15, 0.2) is 6.33 Å². The van der Waals surface area contributed by atoms with Crippen molar-refractivity contribution in [3.63, 3.8) is 0 Å². The maximum absolute atomic E-state index is 9.83. The maximum Gasteiger partial charge on any atom is 0.174 e. The summed E-state index contributed by atoms with van der Waals surface area (Å²) < 4.78 is 6.58. The van der Waals surface area contributed by atoms with Gasteiger partial charge in [0.2, 0.25) is 0 Å². The topological polar surface area (TPSA) is 112 Å². The van der Waals surface area contributed by atoms with Crippen LogP contribution in [0, 0.1) is 23.7 Å². The van der Waals surface area contributed by atoms with Crippen LogP contribution in [-0.2, 0) is 4.74 Å². The van der Waals surface area contributed by atoms with Crippen LogP contribution in [0.1, 0.15) is 17.6 Å². The van der Waals surface area contributed by atoms with Gasteiger partial charge < -0.3 is 20.1 Å². The molecule has 0 bridgehead atoms. The summed E-state index contributed by atoms with van der Waals surface area (Å²) in [6.45, 7) is -0.431. The Morgan fingerprint density at radius 3 is 2.72 bits per heavy atom. The molecule has 0 saturated carbocycles. The molecular weight excluding hydrogens is 238 g/mol. The van der Waals surface area contributed by atoms with Crippen LogP contribution in [0.3, 0.4) is 0 Å². The minimum atomic E-state index is -1.25. The Morgan fingerprint density at radius 1 is 1.50 bits per heavy atom. The van der Waals surface area contributed by atoms with E-state index in [0.29, 0.717) is 0 Å². The van der Waals surface area contributed by atoms with E-state index in [4.69, 9.17) is 21.5 Å². The number of hydrogen-bond donors (Lipinski definition) is 3. The number of ether oxygens (including phenoxy) is 1. The maximum atomic E-state index is 9.83. The van der Waals surface area contributed by atoms with Gasteiger partial charge in [0.25, 0.3) is 0 Å². The van der Waals surface area contributed by atoms with Gasteiger partial charge in [0.05, 0.1) is 12.9 Å². The fourth-order valence-corrected chi connectivity index (χ4v) is 1.89. The van der Waals surface area contributed by atoms with Crippen molar-refractivity contribution in [2.45, 2.75) is 24.5 Å². The molecule has 94 valence electrons. The Balaban J connectivity index is 2.37. The second-order valence-corrected chi connectivity index (χ2v) is 3.83. The van der Waals surface area contributed by atoms with E-state index in [2.05, 4.69) is 10.9 Å². The Hall–Kier alpha value is -1.90. The zero-order valence-corrected chi connectivity index (χ0v) is 9.26. The number of aromatic nitrogens is 2. The summed E-state index contributed by atoms with van der Waals surface area (Å²) in [5, 5.41) is 37.3. The van der Waals surface area contributed by atoms with E-state index in [1.54, 1.807) is 0 Å². The third kappa shape index (κ3) is 1.76. The molecule has 4 atom stereocenters. The van der Waals surface area contributed by atoms with Gasteiger partial charge in [0, 0.05) is 0 Å². The monoisotopic (exact) mass is 249 g/mol. The molecule has 1 aromatic rings. The van der Waals surface area contributed by atoms with Crippen LogP contribution in [0.2, 0.25) is 0 Å². The molecular formula is C11H11N3O4. The Bertz CT molecular complexity index is 527. The van der Waals surface area contributed by atoms with Crippen LogP contribution in [-0.4, -0.2) is 49.8 Å². The van der Waals surface area contributed by atoms with Crippen LogP contribution >= 0.6 is 0 Å². The standard InChI is InChI=1S/C11H11N3O4/c1-2-7-6(3-12)13-5-14(7)11-10(17)9(16)8(4-15)18-11/h1,5,8-11,15-17H,4H2/t8-,9-,10-,11-/m1/s1. The summed E-state index contributed by atoms with van der Waals surface area (Å²) >= 11 is 0. The molecule has 0 radical (unpaired) electrons. The Labute approximate surface area is 103 Å². The predicted octanol–water partition coefficient (Wildman–Crippen LogP) is -1.65. The van der Waals surface area contributed by atoms with Crippen LogP contribution in [0.4, 0.5) is 0 Å². The molecule has 2 heterocycles. The normalized spacial score (nSPS) is 30.9. The van der Waals surface area contributed by atoms with Crippen molar-refractivity contribution in [3.05, 3.63) is 17.7 Å². The molecule has 1 saturated heterocycles. The first-order chi connectivity index (χ1) is 8.63. The van der Waals surface area contributed by atoms with E-state index in [1.807, 2.05) is 6.07 Å². The summed E-state index contributed by atoms with van der Waals surface area (Å²) in [6.07, 6.45) is 2.18. The molecule has 1 aliphatic rings. The SMILES string of the molecule is C#Cc1c(C#N)ncn1[C@@H]1O[C@H](CO)[C@@H](O)[C@H]1O. The zero-order valence-electron chi connectivity index (χ0n) is 9.26. The average Bonchev–Trinajstić information content (AvgIpc) is 2.92. The van der Waals surface area contributed by atoms with E-state index >= 15 is 0 Å². The van der Waals surface area contributed by atoms with Gasteiger partial charge in [0.15, 0.2) is 11.9 Å². The van der Waals surface area contributed by atoms with E-state index in [9.17, 15) is 10.2 Å². The van der Waals surface area contributed by atoms with Gasteiger partial charge in [-0.25, -0.2) is 4.98 Å². The van der Waals surface area contributed by atoms with Crippen LogP contribution < -0.4 is 0 Å². The molecule has 7 nitrogen and oxygen atoms in total. The Morgan fingerprint density at radius 2 is 2.22 bits per heavy atom. The summed E-state index contributed by atoms with van der Waals surface area (Å²) in [4.78, 5) is 3.78. The van der Waals surface area contributed by atoms with Gasteiger partial charge in [-0.05, 0) is 5.92 Å². The number of imidazole rings is 1. The van der Waals surface area contributed by atoms with Gasteiger partial charge >= 0.3 is 0 Å². The fraction of sp³-hybridized carbons (Fsp3) is 0.455. The second kappa shape index (κ2) is 4.77. The van der Waals surface area contributed by atoms with Crippen molar-refractivity contribution in [3.8, 4) is 18.4 Å². The lowest BCUT2D eigenvalue weighted by atomic mass is 10.1. The van der Waals surface area contributed by atoms with Crippen LogP contribution in [0.25, 0.3) is 0 Å². The molecule has 0 aliphatic carbocycles. The number of rotatable bonds is 2. The zero-order chi connectivity index (χ0) is 13.3. The minimum absolute atomic E-state index is 0.0373. The molecule has 7 heteroatoms. The van der Waals surface area contributed by atoms with E-state index in [0.717, 1.165) is 0 Å². The van der Waals surface area contributed by atoms with Crippen LogP contribution in [0.5, 0.6) is 0 Å². The first kappa shape index (κ1) is 12.6. The third-order valence-electron chi connectivity index (χ3n) is 2.83. The summed E-state index contributed by atoms with van der Waals surface area (Å²) in [7, 11) is 0. The van der Waals surface area contributed by atoms with E-state index < -0.39 is 31.1 Å². The molecule has 0 amide bonds. The largest absolute Gasteiger partial charge is 0.394 e. The first-order valence-electron chi connectivity index (χ1n) is 5.20. The number of terminal acetylenes is 1. The van der Waals surface area contributed by atoms with Gasteiger partial charge in [-0.3, -0.25) is 4.57 Å². The highest BCUT2D eigenvalue weighted by molar-refractivity contribution is 5.38. The molecule has 0 unspecified atom stereocenters. The Kier molecular flexibility index (Phi) is 3.32. The summed E-state index contributed by atoms with van der Waals surface area (Å²) in [5.74, 6) is 2.28. The lowest BCUT2D eigenvalue weighted by Gasteiger charge is -2.17. The van der Waals surface area contributed by atoms with Gasteiger partial charge in [-0.2, -0.15) is 5.26 Å². The molecule has 2 rings (SSSR count). The molecule has 0 spiro atoms. The van der Waals surface area contributed by atoms with E-state index in [1.165, 1.54) is 10.9 Å². The van der Waals surface area contributed by atoms with Crippen molar-refractivity contribution in [2.24, 2.45) is 0 Å². The number of aliphatic hydroxyl groups excluding tert-OH is 3. The summed E-state index contributed by atoms with van der Waals surface area (Å²) in [5.41, 5.74) is 0.197. The molecule has 18 heavy (non-hydrogen) atoms. The van der Waals surface area contributed by atoms with E-state index in [-0.39, 0.29) is 11.4 Å². The fourth-order valence-electron chi connectivity index (χ4n) is 1.89. The molecule has 1 aliphatic heterocycles. The van der Waals surface area contributed by atoms with Crippen molar-refractivity contribution < 1.29 is 20.1 Å². The first-order valence-corrected chi connectivity index (χ1v) is 5.20. The molecule has 3 N–H and O–H groups in total. The summed E-state index contributed by atoms with van der Waals surface area (Å²) in [6, 6.07) is 1.82. The average molecular weight is 249 g/mol. The lowest BCUT2D eigenvalue weighted by molar-refractivity contribution is -0.0531. The third-order valence-corrected chi connectivity index (χ3v) is 2.83. The molecule has 1 fully saturated rings. The van der Waals surface area contributed by atoms with Crippen molar-refractivity contribution in [2.75, 3.05) is 6.61 Å². The predicted molar refractivity (Wildman–Crippen MR) is 57.9 cm³/mol. The van der Waals surface area contributed by atoms with Crippen molar-refractivity contribution >= 4 is 0 Å². The minimum Gasteiger partial charge on any atom is -0.394 e. The quantitative estimate of drug-likeness (QED) is 0.541. The van der Waals surface area contributed by atoms with Gasteiger partial charge in [-0.1, -0.05) is 0 Å². The van der Waals surface area contributed by atoms with Crippen molar-refractivity contribution in [1.29, 1.82) is 5.26 Å². The number of nitriles is 1.